The maximum absolute atomic E-state index is 6.46. The first-order chi connectivity index (χ1) is 22.4. The Kier molecular flexibility index (Phi) is 9.33. The molecule has 1 radical (unpaired) electrons. The molecular formula is C42H34IrN2OSi-2. The first-order valence-electron chi connectivity index (χ1n) is 15.6. The molecule has 0 N–H and O–H groups in total. The van der Waals surface area contributed by atoms with Crippen LogP contribution >= 0.6 is 0 Å². The summed E-state index contributed by atoms with van der Waals surface area (Å²) in [7, 11) is -1.27. The maximum atomic E-state index is 6.46. The van der Waals surface area contributed by atoms with Crippen LogP contribution in [0.3, 0.4) is 0 Å². The van der Waals surface area contributed by atoms with E-state index in [4.69, 9.17) is 4.42 Å². The van der Waals surface area contributed by atoms with Crippen molar-refractivity contribution in [1.29, 1.82) is 0 Å². The molecule has 0 aliphatic heterocycles. The second-order valence-corrected chi connectivity index (χ2v) is 17.6. The van der Waals surface area contributed by atoms with Crippen LogP contribution in [0.5, 0.6) is 0 Å². The number of aromatic nitrogens is 2. The SMILES string of the molecule is Cc1cc(-c2[c-]cccc2)ncc1[Si](C)(C)C.[Ir].[c-]1ccc2c(oc3c(-c4ccccc4)cccc32)c1-c1cc2ccccc2cn1. The average Bonchev–Trinajstić information content (AvgIpc) is 3.48. The molecule has 233 valence electrons. The Hall–Kier alpha value is -4.67. The molecule has 0 saturated carbocycles. The molecule has 8 rings (SSSR count). The van der Waals surface area contributed by atoms with E-state index in [1.54, 1.807) is 0 Å². The third-order valence-electron chi connectivity index (χ3n) is 8.33. The Morgan fingerprint density at radius 2 is 1.34 bits per heavy atom. The molecule has 3 heterocycles. The molecule has 0 amide bonds. The number of aryl methyl sites for hydroxylation is 1. The number of pyridine rings is 2. The number of para-hydroxylation sites is 1. The van der Waals surface area contributed by atoms with Gasteiger partial charge in [-0.2, -0.15) is 0 Å². The summed E-state index contributed by atoms with van der Waals surface area (Å²) in [4.78, 5) is 9.27. The van der Waals surface area contributed by atoms with Gasteiger partial charge in [0.2, 0.25) is 0 Å². The Morgan fingerprint density at radius 3 is 2.09 bits per heavy atom. The van der Waals surface area contributed by atoms with Crippen LogP contribution in [-0.2, 0) is 20.1 Å². The molecule has 0 atom stereocenters. The minimum Gasteiger partial charge on any atom is -0.500 e. The van der Waals surface area contributed by atoms with Crippen molar-refractivity contribution in [3.8, 4) is 33.6 Å². The zero-order valence-corrected chi connectivity index (χ0v) is 30.2. The summed E-state index contributed by atoms with van der Waals surface area (Å²) < 4.78 is 6.46. The van der Waals surface area contributed by atoms with Crippen molar-refractivity contribution in [2.45, 2.75) is 26.6 Å². The fourth-order valence-corrected chi connectivity index (χ4v) is 7.77. The van der Waals surface area contributed by atoms with Crippen molar-refractivity contribution in [3.63, 3.8) is 0 Å². The van der Waals surface area contributed by atoms with E-state index in [0.717, 1.165) is 66.4 Å². The summed E-state index contributed by atoms with van der Waals surface area (Å²) in [6.07, 6.45) is 3.97. The fraction of sp³-hybridized carbons (Fsp3) is 0.0952. The Balaban J connectivity index is 0.000000185. The fourth-order valence-electron chi connectivity index (χ4n) is 6.06. The molecule has 0 spiro atoms. The molecule has 0 aliphatic carbocycles. The normalized spacial score (nSPS) is 11.2. The van der Waals surface area contributed by atoms with Crippen LogP contribution in [0.1, 0.15) is 5.56 Å². The van der Waals surface area contributed by atoms with Gasteiger partial charge in [0.15, 0.2) is 0 Å². The Morgan fingerprint density at radius 1 is 0.617 bits per heavy atom. The minimum atomic E-state index is -1.27. The van der Waals surface area contributed by atoms with E-state index in [-0.39, 0.29) is 20.1 Å². The third-order valence-corrected chi connectivity index (χ3v) is 10.5. The van der Waals surface area contributed by atoms with E-state index in [2.05, 4.69) is 134 Å². The second kappa shape index (κ2) is 13.6. The first-order valence-corrected chi connectivity index (χ1v) is 19.1. The topological polar surface area (TPSA) is 38.9 Å². The van der Waals surface area contributed by atoms with Gasteiger partial charge in [-0.15, -0.1) is 54.1 Å². The number of hydrogen-bond donors (Lipinski definition) is 0. The van der Waals surface area contributed by atoms with E-state index >= 15 is 0 Å². The van der Waals surface area contributed by atoms with Crippen molar-refractivity contribution in [1.82, 2.24) is 9.97 Å². The quantitative estimate of drug-likeness (QED) is 0.131. The molecule has 0 saturated heterocycles. The van der Waals surface area contributed by atoms with Gasteiger partial charge < -0.3 is 14.4 Å². The molecule has 0 bridgehead atoms. The van der Waals surface area contributed by atoms with Crippen molar-refractivity contribution in [2.24, 2.45) is 0 Å². The van der Waals surface area contributed by atoms with Gasteiger partial charge in [0.1, 0.15) is 5.58 Å². The molecule has 3 aromatic heterocycles. The summed E-state index contributed by atoms with van der Waals surface area (Å²) in [5.41, 5.74) is 9.17. The molecule has 5 heteroatoms. The van der Waals surface area contributed by atoms with E-state index in [0.29, 0.717) is 0 Å². The van der Waals surface area contributed by atoms with E-state index < -0.39 is 8.07 Å². The zero-order valence-electron chi connectivity index (χ0n) is 26.8. The molecule has 8 aromatic rings. The average molecular weight is 803 g/mol. The Bertz CT molecular complexity index is 2310. The minimum absolute atomic E-state index is 0. The van der Waals surface area contributed by atoms with Crippen LogP contribution in [0.2, 0.25) is 19.6 Å². The van der Waals surface area contributed by atoms with Crippen LogP contribution in [-0.4, -0.2) is 18.0 Å². The van der Waals surface area contributed by atoms with Crippen LogP contribution < -0.4 is 5.19 Å². The molecule has 3 nitrogen and oxygen atoms in total. The number of rotatable bonds is 4. The van der Waals surface area contributed by atoms with Crippen molar-refractivity contribution >= 4 is 46.0 Å². The first kappa shape index (κ1) is 32.3. The molecule has 0 unspecified atom stereocenters. The molecule has 5 aromatic carbocycles. The van der Waals surface area contributed by atoms with Gasteiger partial charge in [0.25, 0.3) is 0 Å². The summed E-state index contributed by atoms with van der Waals surface area (Å²) >= 11 is 0. The largest absolute Gasteiger partial charge is 0.500 e. The summed E-state index contributed by atoms with van der Waals surface area (Å²) in [5.74, 6) is 0. The smallest absolute Gasteiger partial charge is 0.128 e. The van der Waals surface area contributed by atoms with E-state index in [9.17, 15) is 0 Å². The van der Waals surface area contributed by atoms with Crippen molar-refractivity contribution < 1.29 is 24.5 Å². The number of fused-ring (bicyclic) bond motifs is 4. The van der Waals surface area contributed by atoms with Crippen LogP contribution in [0, 0.1) is 19.1 Å². The number of nitrogens with zero attached hydrogens (tertiary/aromatic N) is 2. The maximum Gasteiger partial charge on any atom is 0.128 e. The number of furan rings is 1. The molecular weight excluding hydrogens is 769 g/mol. The van der Waals surface area contributed by atoms with Gasteiger partial charge in [0.05, 0.1) is 13.7 Å². The third kappa shape index (κ3) is 6.61. The zero-order chi connectivity index (χ0) is 31.7. The van der Waals surface area contributed by atoms with Crippen molar-refractivity contribution in [3.05, 3.63) is 151 Å². The van der Waals surface area contributed by atoms with Gasteiger partial charge in [0, 0.05) is 43.4 Å². The van der Waals surface area contributed by atoms with Gasteiger partial charge in [-0.1, -0.05) is 121 Å². The van der Waals surface area contributed by atoms with Gasteiger partial charge in [-0.05, 0) is 39.8 Å². The number of benzene rings is 5. The molecule has 0 fully saturated rings. The standard InChI is InChI=1S/C27H16NO.C15H18NSi.Ir/c1-2-8-18(9-3-1)21-12-6-13-22-23-14-7-15-24(27(23)29-26(21)22)25-16-19-10-4-5-11-20(19)17-28-25;1-12-10-14(13-8-6-5-7-9-13)16-11-15(12)17(2,3)4;/h1-14,16-17H;5-8,10-11H,1-4H3;/q2*-1;. The van der Waals surface area contributed by atoms with E-state index in [1.807, 2.05) is 48.7 Å². The Labute approximate surface area is 290 Å². The van der Waals surface area contributed by atoms with E-state index in [1.165, 1.54) is 10.8 Å². The second-order valence-electron chi connectivity index (χ2n) is 12.6. The van der Waals surface area contributed by atoms with Crippen LogP contribution in [0.25, 0.3) is 66.4 Å². The predicted octanol–water partition coefficient (Wildman–Crippen LogP) is 10.7. The van der Waals surface area contributed by atoms with Crippen LogP contribution in [0.4, 0.5) is 0 Å². The van der Waals surface area contributed by atoms with Gasteiger partial charge in [-0.25, -0.2) is 0 Å². The monoisotopic (exact) mass is 803 g/mol. The number of hydrogen-bond acceptors (Lipinski definition) is 3. The van der Waals surface area contributed by atoms with Crippen molar-refractivity contribution in [2.75, 3.05) is 0 Å². The summed E-state index contributed by atoms with van der Waals surface area (Å²) in [6, 6.07) is 47.8. The summed E-state index contributed by atoms with van der Waals surface area (Å²) in [6.45, 7) is 9.24. The molecule has 47 heavy (non-hydrogen) atoms. The van der Waals surface area contributed by atoms with Gasteiger partial charge in [-0.3, -0.25) is 0 Å². The predicted molar refractivity (Wildman–Crippen MR) is 195 cm³/mol. The van der Waals surface area contributed by atoms with Gasteiger partial charge >= 0.3 is 0 Å². The summed E-state index contributed by atoms with van der Waals surface area (Å²) in [5, 5.41) is 5.92. The molecule has 0 aliphatic rings. The van der Waals surface area contributed by atoms with Crippen LogP contribution in [0.15, 0.2) is 138 Å².